The summed E-state index contributed by atoms with van der Waals surface area (Å²) in [5.41, 5.74) is 9.41. The van der Waals surface area contributed by atoms with Gasteiger partial charge in [0, 0.05) is 41.1 Å². The number of aryl methyl sites for hydroxylation is 2. The summed E-state index contributed by atoms with van der Waals surface area (Å²) in [6.45, 7) is 4.29. The molecule has 0 saturated heterocycles. The van der Waals surface area contributed by atoms with E-state index in [1.165, 1.54) is 0 Å². The number of benzene rings is 1. The van der Waals surface area contributed by atoms with E-state index in [4.69, 9.17) is 10.5 Å². The van der Waals surface area contributed by atoms with Crippen LogP contribution in [0.5, 0.6) is 11.5 Å². The number of aromatic nitrogens is 2. The van der Waals surface area contributed by atoms with Crippen molar-refractivity contribution in [3.63, 3.8) is 0 Å². The molecule has 0 bridgehead atoms. The normalized spacial score (nSPS) is 10.8. The lowest BCUT2D eigenvalue weighted by Crippen LogP contribution is -2.05. The summed E-state index contributed by atoms with van der Waals surface area (Å²) < 4.78 is 6.09. The Labute approximate surface area is 123 Å². The molecule has 0 radical (unpaired) electrons. The van der Waals surface area contributed by atoms with Crippen molar-refractivity contribution in [3.8, 4) is 11.5 Å². The van der Waals surface area contributed by atoms with Gasteiger partial charge in [0.1, 0.15) is 11.3 Å². The largest absolute Gasteiger partial charge is 0.455 e. The van der Waals surface area contributed by atoms with E-state index in [9.17, 15) is 0 Å². The van der Waals surface area contributed by atoms with Crippen molar-refractivity contribution in [3.05, 3.63) is 59.5 Å². The molecular formula is C17H17N3O. The Balaban J connectivity index is 2.11. The van der Waals surface area contributed by atoms with Gasteiger partial charge in [0.25, 0.3) is 0 Å². The topological polar surface area (TPSA) is 61.0 Å². The summed E-state index contributed by atoms with van der Waals surface area (Å²) in [4.78, 5) is 8.84. The Hall–Kier alpha value is -2.46. The molecule has 0 aliphatic carbocycles. The van der Waals surface area contributed by atoms with Gasteiger partial charge in [0.05, 0.1) is 0 Å². The predicted molar refractivity (Wildman–Crippen MR) is 83.4 cm³/mol. The Morgan fingerprint density at radius 1 is 1.10 bits per heavy atom. The molecule has 4 heteroatoms. The maximum absolute atomic E-state index is 6.09. The van der Waals surface area contributed by atoms with Crippen molar-refractivity contribution >= 4 is 10.9 Å². The molecular weight excluding hydrogens is 262 g/mol. The van der Waals surface area contributed by atoms with E-state index in [2.05, 4.69) is 9.97 Å². The number of rotatable bonds is 3. The minimum atomic E-state index is 0.395. The van der Waals surface area contributed by atoms with Crippen LogP contribution in [-0.2, 0) is 6.54 Å². The lowest BCUT2D eigenvalue weighted by Gasteiger charge is -2.14. The Kier molecular flexibility index (Phi) is 3.54. The van der Waals surface area contributed by atoms with Crippen molar-refractivity contribution < 1.29 is 4.74 Å². The van der Waals surface area contributed by atoms with E-state index in [1.54, 1.807) is 6.20 Å². The van der Waals surface area contributed by atoms with Crippen LogP contribution >= 0.6 is 0 Å². The van der Waals surface area contributed by atoms with Gasteiger partial charge in [-0.3, -0.25) is 9.97 Å². The standard InChI is InChI=1S/C17H17N3O/c1-11-9-16(14(10-18)12(2)20-11)21-15-7-3-5-13-6-4-8-19-17(13)15/h3-9H,10,18H2,1-2H3. The molecule has 0 fully saturated rings. The monoisotopic (exact) mass is 279 g/mol. The summed E-state index contributed by atoms with van der Waals surface area (Å²) in [7, 11) is 0. The third kappa shape index (κ3) is 2.58. The first kappa shape index (κ1) is 13.5. The zero-order chi connectivity index (χ0) is 14.8. The highest BCUT2D eigenvalue weighted by molar-refractivity contribution is 5.84. The van der Waals surface area contributed by atoms with Gasteiger partial charge in [-0.1, -0.05) is 18.2 Å². The molecule has 3 rings (SSSR count). The van der Waals surface area contributed by atoms with Crippen LogP contribution in [-0.4, -0.2) is 9.97 Å². The van der Waals surface area contributed by atoms with Crippen molar-refractivity contribution in [2.75, 3.05) is 0 Å². The lowest BCUT2D eigenvalue weighted by molar-refractivity contribution is 0.478. The van der Waals surface area contributed by atoms with Crippen molar-refractivity contribution in [1.29, 1.82) is 0 Å². The summed E-state index contributed by atoms with van der Waals surface area (Å²) in [6, 6.07) is 11.7. The molecule has 0 saturated carbocycles. The quantitative estimate of drug-likeness (QED) is 0.797. The van der Waals surface area contributed by atoms with Crippen LogP contribution in [0.1, 0.15) is 17.0 Å². The molecule has 0 unspecified atom stereocenters. The molecule has 4 nitrogen and oxygen atoms in total. The predicted octanol–water partition coefficient (Wildman–Crippen LogP) is 3.50. The fourth-order valence-corrected chi connectivity index (χ4v) is 2.44. The molecule has 0 aliphatic heterocycles. The second-order valence-corrected chi connectivity index (χ2v) is 4.96. The van der Waals surface area contributed by atoms with E-state index in [0.29, 0.717) is 6.54 Å². The maximum Gasteiger partial charge on any atom is 0.153 e. The molecule has 0 spiro atoms. The fraction of sp³-hybridized carbons (Fsp3) is 0.176. The number of ether oxygens (including phenoxy) is 1. The van der Waals surface area contributed by atoms with E-state index < -0.39 is 0 Å². The van der Waals surface area contributed by atoms with E-state index in [-0.39, 0.29) is 0 Å². The van der Waals surface area contributed by atoms with Gasteiger partial charge in [-0.25, -0.2) is 0 Å². The van der Waals surface area contributed by atoms with Gasteiger partial charge >= 0.3 is 0 Å². The van der Waals surface area contributed by atoms with Crippen LogP contribution in [0.25, 0.3) is 10.9 Å². The first-order chi connectivity index (χ1) is 10.2. The van der Waals surface area contributed by atoms with Crippen LogP contribution in [0.15, 0.2) is 42.6 Å². The van der Waals surface area contributed by atoms with Crippen LogP contribution in [0.3, 0.4) is 0 Å². The summed E-state index contributed by atoms with van der Waals surface area (Å²) in [6.07, 6.45) is 1.77. The molecule has 3 aromatic rings. The molecule has 1 aromatic carbocycles. The third-order valence-corrected chi connectivity index (χ3v) is 3.44. The Bertz CT molecular complexity index is 794. The molecule has 0 amide bonds. The molecule has 106 valence electrons. The number of nitrogens with two attached hydrogens (primary N) is 1. The highest BCUT2D eigenvalue weighted by atomic mass is 16.5. The van der Waals surface area contributed by atoms with Crippen LogP contribution in [0, 0.1) is 13.8 Å². The van der Waals surface area contributed by atoms with Gasteiger partial charge in [-0.15, -0.1) is 0 Å². The Morgan fingerprint density at radius 3 is 2.71 bits per heavy atom. The molecule has 0 aliphatic rings. The van der Waals surface area contributed by atoms with Gasteiger partial charge < -0.3 is 10.5 Å². The average Bonchev–Trinajstić information content (AvgIpc) is 2.47. The van der Waals surface area contributed by atoms with Crippen molar-refractivity contribution in [2.45, 2.75) is 20.4 Å². The van der Waals surface area contributed by atoms with Gasteiger partial charge in [0.2, 0.25) is 0 Å². The van der Waals surface area contributed by atoms with Crippen LogP contribution in [0.4, 0.5) is 0 Å². The zero-order valence-corrected chi connectivity index (χ0v) is 12.1. The average molecular weight is 279 g/mol. The number of para-hydroxylation sites is 1. The van der Waals surface area contributed by atoms with Gasteiger partial charge in [-0.2, -0.15) is 0 Å². The number of pyridine rings is 2. The molecule has 21 heavy (non-hydrogen) atoms. The maximum atomic E-state index is 6.09. The molecule has 2 aromatic heterocycles. The lowest BCUT2D eigenvalue weighted by atomic mass is 10.1. The second kappa shape index (κ2) is 5.50. The number of nitrogens with zero attached hydrogens (tertiary/aromatic N) is 2. The minimum absolute atomic E-state index is 0.395. The summed E-state index contributed by atoms with van der Waals surface area (Å²) in [5.74, 6) is 1.48. The smallest absolute Gasteiger partial charge is 0.153 e. The zero-order valence-electron chi connectivity index (χ0n) is 12.1. The number of hydrogen-bond acceptors (Lipinski definition) is 4. The Morgan fingerprint density at radius 2 is 1.90 bits per heavy atom. The molecule has 2 N–H and O–H groups in total. The fourth-order valence-electron chi connectivity index (χ4n) is 2.44. The summed E-state index contributed by atoms with van der Waals surface area (Å²) >= 11 is 0. The second-order valence-electron chi connectivity index (χ2n) is 4.96. The molecule has 0 atom stereocenters. The van der Waals surface area contributed by atoms with Crippen LogP contribution < -0.4 is 10.5 Å². The van der Waals surface area contributed by atoms with Crippen molar-refractivity contribution in [2.24, 2.45) is 5.73 Å². The van der Waals surface area contributed by atoms with Crippen molar-refractivity contribution in [1.82, 2.24) is 9.97 Å². The molecule has 2 heterocycles. The summed E-state index contributed by atoms with van der Waals surface area (Å²) in [5, 5.41) is 1.05. The minimum Gasteiger partial charge on any atom is -0.455 e. The van der Waals surface area contributed by atoms with Gasteiger partial charge in [0.15, 0.2) is 5.75 Å². The SMILES string of the molecule is Cc1cc(Oc2cccc3cccnc23)c(CN)c(C)n1. The first-order valence-corrected chi connectivity index (χ1v) is 6.88. The highest BCUT2D eigenvalue weighted by Crippen LogP contribution is 2.31. The number of hydrogen-bond donors (Lipinski definition) is 1. The highest BCUT2D eigenvalue weighted by Gasteiger charge is 2.11. The first-order valence-electron chi connectivity index (χ1n) is 6.88. The van der Waals surface area contributed by atoms with Gasteiger partial charge in [-0.05, 0) is 26.0 Å². The van der Waals surface area contributed by atoms with E-state index >= 15 is 0 Å². The third-order valence-electron chi connectivity index (χ3n) is 3.44. The van der Waals surface area contributed by atoms with E-state index in [0.717, 1.165) is 39.4 Å². The number of fused-ring (bicyclic) bond motifs is 1. The van der Waals surface area contributed by atoms with Crippen LogP contribution in [0.2, 0.25) is 0 Å². The van der Waals surface area contributed by atoms with E-state index in [1.807, 2.05) is 50.2 Å².